The molecule has 0 aromatic heterocycles. The maximum absolute atomic E-state index is 12.4. The molecule has 0 heterocycles. The number of hydrogen-bond acceptors (Lipinski definition) is 6. The van der Waals surface area contributed by atoms with Crippen molar-refractivity contribution < 1.29 is 27.0 Å². The number of Topliss-reactive ketones (excluding diaryl/α,β-unsaturated/α-hetero) is 3. The van der Waals surface area contributed by atoms with Crippen molar-refractivity contribution in [1.82, 2.24) is 0 Å². The van der Waals surface area contributed by atoms with Crippen LogP contribution in [-0.4, -0.2) is 32.0 Å². The molecule has 0 aliphatic heterocycles. The maximum atomic E-state index is 12.4. The Morgan fingerprint density at radius 1 is 1.23 bits per heavy atom. The fraction of sp³-hybridized carbons (Fsp3) is 0.357. The summed E-state index contributed by atoms with van der Waals surface area (Å²) < 4.78 is 26.7. The largest absolute Gasteiger partial charge is 0.383 e. The van der Waals surface area contributed by atoms with Crippen molar-refractivity contribution >= 4 is 39.1 Å². The Labute approximate surface area is 132 Å². The number of benzene rings is 1. The highest BCUT2D eigenvalue weighted by molar-refractivity contribution is 7.86. The van der Waals surface area contributed by atoms with E-state index in [9.17, 15) is 22.8 Å². The summed E-state index contributed by atoms with van der Waals surface area (Å²) in [5.74, 6) is -2.84. The third-order valence-electron chi connectivity index (χ3n) is 3.21. The molecule has 1 fully saturated rings. The quantitative estimate of drug-likeness (QED) is 0.469. The lowest BCUT2D eigenvalue weighted by molar-refractivity contribution is -0.133. The zero-order valence-corrected chi connectivity index (χ0v) is 13.2. The van der Waals surface area contributed by atoms with Crippen LogP contribution in [0.5, 0.6) is 5.75 Å². The van der Waals surface area contributed by atoms with Crippen LogP contribution < -0.4 is 4.18 Å². The lowest BCUT2D eigenvalue weighted by Gasteiger charge is -2.18. The first-order valence-corrected chi connectivity index (χ1v) is 8.67. The first-order chi connectivity index (χ1) is 10.2. The van der Waals surface area contributed by atoms with Crippen LogP contribution in [0.25, 0.3) is 0 Å². The predicted molar refractivity (Wildman–Crippen MR) is 78.6 cm³/mol. The Bertz CT molecular complexity index is 737. The Kier molecular flexibility index (Phi) is 4.67. The molecular weight excluding hydrogens is 332 g/mol. The van der Waals surface area contributed by atoms with Crippen molar-refractivity contribution in [2.45, 2.75) is 19.3 Å². The highest BCUT2D eigenvalue weighted by Gasteiger charge is 2.37. The van der Waals surface area contributed by atoms with Gasteiger partial charge in [-0.3, -0.25) is 14.4 Å². The van der Waals surface area contributed by atoms with Gasteiger partial charge < -0.3 is 4.18 Å². The minimum absolute atomic E-state index is 0.00359. The van der Waals surface area contributed by atoms with Gasteiger partial charge in [0.05, 0.1) is 11.3 Å². The van der Waals surface area contributed by atoms with E-state index in [4.69, 9.17) is 11.6 Å². The van der Waals surface area contributed by atoms with Gasteiger partial charge in [-0.2, -0.15) is 8.42 Å². The summed E-state index contributed by atoms with van der Waals surface area (Å²) in [7, 11) is -3.72. The number of carbonyl (C=O) groups excluding carboxylic acids is 3. The molecule has 118 valence electrons. The molecule has 0 unspecified atom stereocenters. The van der Waals surface area contributed by atoms with E-state index in [2.05, 4.69) is 4.18 Å². The Balaban J connectivity index is 2.31. The molecule has 1 aliphatic rings. The molecule has 1 aliphatic carbocycles. The van der Waals surface area contributed by atoms with Gasteiger partial charge in [0.25, 0.3) is 0 Å². The first-order valence-electron chi connectivity index (χ1n) is 6.47. The molecule has 1 aromatic rings. The van der Waals surface area contributed by atoms with Crippen LogP contribution >= 0.6 is 11.6 Å². The van der Waals surface area contributed by atoms with E-state index in [-0.39, 0.29) is 29.2 Å². The van der Waals surface area contributed by atoms with E-state index in [0.29, 0.717) is 6.42 Å². The van der Waals surface area contributed by atoms with Crippen LogP contribution in [0.3, 0.4) is 0 Å². The van der Waals surface area contributed by atoms with Gasteiger partial charge in [0, 0.05) is 24.5 Å². The molecule has 1 saturated carbocycles. The van der Waals surface area contributed by atoms with E-state index in [1.807, 2.05) is 0 Å². The summed E-state index contributed by atoms with van der Waals surface area (Å²) in [4.78, 5) is 35.9. The van der Waals surface area contributed by atoms with Gasteiger partial charge in [0.2, 0.25) is 0 Å². The zero-order chi connectivity index (χ0) is 16.5. The first kappa shape index (κ1) is 16.6. The van der Waals surface area contributed by atoms with E-state index >= 15 is 0 Å². The van der Waals surface area contributed by atoms with Crippen LogP contribution in [0.1, 0.15) is 29.6 Å². The molecule has 2 rings (SSSR count). The second kappa shape index (κ2) is 6.18. The summed E-state index contributed by atoms with van der Waals surface area (Å²) in [6.07, 6.45) is 1.71. The lowest BCUT2D eigenvalue weighted by atomic mass is 9.81. The lowest BCUT2D eigenvalue weighted by Crippen LogP contribution is -2.35. The van der Waals surface area contributed by atoms with Crippen LogP contribution in [-0.2, 0) is 19.7 Å². The van der Waals surface area contributed by atoms with Gasteiger partial charge in [-0.05, 0) is 18.6 Å². The summed E-state index contributed by atoms with van der Waals surface area (Å²) in [5.41, 5.74) is -0.00359. The molecule has 0 radical (unpaired) electrons. The number of hydrogen-bond donors (Lipinski definition) is 0. The van der Waals surface area contributed by atoms with Crippen molar-refractivity contribution in [3.63, 3.8) is 0 Å². The number of halogens is 1. The Morgan fingerprint density at radius 2 is 1.82 bits per heavy atom. The molecule has 0 bridgehead atoms. The summed E-state index contributed by atoms with van der Waals surface area (Å²) >= 11 is 5.95. The molecular formula is C14H13ClO6S. The molecule has 8 heteroatoms. The fourth-order valence-electron chi connectivity index (χ4n) is 2.28. The van der Waals surface area contributed by atoms with Gasteiger partial charge in [-0.25, -0.2) is 0 Å². The molecule has 0 saturated heterocycles. The fourth-order valence-corrected chi connectivity index (χ4v) is 2.99. The van der Waals surface area contributed by atoms with Crippen LogP contribution in [0.15, 0.2) is 18.2 Å². The van der Waals surface area contributed by atoms with Crippen molar-refractivity contribution in [1.29, 1.82) is 0 Å². The van der Waals surface area contributed by atoms with Gasteiger partial charge in [-0.15, -0.1) is 0 Å². The minimum atomic E-state index is -3.72. The summed E-state index contributed by atoms with van der Waals surface area (Å²) in [5, 5.41) is -0.0719. The van der Waals surface area contributed by atoms with Gasteiger partial charge in [0.1, 0.15) is 11.7 Å². The second-order valence-corrected chi connectivity index (χ2v) is 6.99. The molecule has 1 aromatic carbocycles. The molecule has 6 nitrogen and oxygen atoms in total. The third-order valence-corrected chi connectivity index (χ3v) is 4.01. The zero-order valence-electron chi connectivity index (χ0n) is 11.7. The van der Waals surface area contributed by atoms with Crippen molar-refractivity contribution in [2.24, 2.45) is 5.92 Å². The van der Waals surface area contributed by atoms with E-state index in [1.165, 1.54) is 12.1 Å². The molecule has 22 heavy (non-hydrogen) atoms. The summed E-state index contributed by atoms with van der Waals surface area (Å²) in [6, 6.07) is 3.66. The Hall–Kier alpha value is -1.73. The predicted octanol–water partition coefficient (Wildman–Crippen LogP) is 1.80. The molecule has 0 N–H and O–H groups in total. The highest BCUT2D eigenvalue weighted by atomic mass is 35.5. The van der Waals surface area contributed by atoms with Crippen molar-refractivity contribution in [3.8, 4) is 5.75 Å². The van der Waals surface area contributed by atoms with Crippen molar-refractivity contribution in [3.05, 3.63) is 28.8 Å². The van der Waals surface area contributed by atoms with Gasteiger partial charge in [-0.1, -0.05) is 11.6 Å². The highest BCUT2D eigenvalue weighted by Crippen LogP contribution is 2.28. The average Bonchev–Trinajstić information content (AvgIpc) is 2.36. The second-order valence-electron chi connectivity index (χ2n) is 5.01. The van der Waals surface area contributed by atoms with Crippen LogP contribution in [0, 0.1) is 5.92 Å². The van der Waals surface area contributed by atoms with Crippen LogP contribution in [0.2, 0.25) is 5.02 Å². The van der Waals surface area contributed by atoms with E-state index < -0.39 is 33.4 Å². The number of carbonyl (C=O) groups is 3. The maximum Gasteiger partial charge on any atom is 0.306 e. The Morgan fingerprint density at radius 3 is 2.32 bits per heavy atom. The third kappa shape index (κ3) is 3.72. The minimum Gasteiger partial charge on any atom is -0.383 e. The number of rotatable bonds is 4. The molecule has 0 spiro atoms. The monoisotopic (exact) mass is 344 g/mol. The topological polar surface area (TPSA) is 94.6 Å². The average molecular weight is 345 g/mol. The smallest absolute Gasteiger partial charge is 0.306 e. The molecule has 0 amide bonds. The van der Waals surface area contributed by atoms with Gasteiger partial charge >= 0.3 is 10.1 Å². The van der Waals surface area contributed by atoms with Crippen molar-refractivity contribution in [2.75, 3.05) is 6.26 Å². The van der Waals surface area contributed by atoms with E-state index in [0.717, 1.165) is 12.3 Å². The van der Waals surface area contributed by atoms with E-state index in [1.54, 1.807) is 0 Å². The SMILES string of the molecule is CS(=O)(=O)Oc1ccc(C(=O)C2C(=O)CCCC2=O)c(Cl)c1. The number of ketones is 3. The van der Waals surface area contributed by atoms with Gasteiger partial charge in [0.15, 0.2) is 17.3 Å². The normalized spacial score (nSPS) is 16.6. The molecule has 0 atom stereocenters. The summed E-state index contributed by atoms with van der Waals surface area (Å²) in [6.45, 7) is 0. The van der Waals surface area contributed by atoms with Crippen LogP contribution in [0.4, 0.5) is 0 Å². The standard InChI is InChI=1S/C14H13ClO6S/c1-22(19,20)21-8-5-6-9(10(15)7-8)14(18)13-11(16)3-2-4-12(13)17/h5-7,13H,2-4H2,1H3.